The van der Waals surface area contributed by atoms with E-state index in [1.165, 1.54) is 6.20 Å². The fourth-order valence-electron chi connectivity index (χ4n) is 4.30. The smallest absolute Gasteiger partial charge is 0.239 e. The predicted molar refractivity (Wildman–Crippen MR) is 95.3 cm³/mol. The summed E-state index contributed by atoms with van der Waals surface area (Å²) in [6.07, 6.45) is 7.61. The van der Waals surface area contributed by atoms with Crippen LogP contribution in [0.1, 0.15) is 49.8 Å². The first-order chi connectivity index (χ1) is 13.1. The number of hydrogen-bond acceptors (Lipinski definition) is 7. The average molecular weight is 365 g/mol. The minimum absolute atomic E-state index is 0.0358. The summed E-state index contributed by atoms with van der Waals surface area (Å²) in [4.78, 5) is 24.0. The van der Waals surface area contributed by atoms with E-state index in [1.54, 1.807) is 11.1 Å². The molecule has 2 fully saturated rings. The molecule has 3 aliphatic rings. The molecular formula is C18H19N7O2. The van der Waals surface area contributed by atoms with E-state index in [2.05, 4.69) is 25.5 Å². The number of aromatic amines is 1. The van der Waals surface area contributed by atoms with Crippen molar-refractivity contribution in [1.29, 1.82) is 5.26 Å². The highest BCUT2D eigenvalue weighted by Gasteiger charge is 2.61. The van der Waals surface area contributed by atoms with Crippen LogP contribution in [0.25, 0.3) is 0 Å². The number of aliphatic hydroxyl groups is 1. The van der Waals surface area contributed by atoms with Crippen LogP contribution in [0, 0.1) is 11.3 Å². The second-order valence-corrected chi connectivity index (χ2v) is 7.56. The quantitative estimate of drug-likeness (QED) is 0.751. The second-order valence-electron chi connectivity index (χ2n) is 7.56. The van der Waals surface area contributed by atoms with Crippen molar-refractivity contribution in [2.75, 3.05) is 10.2 Å². The number of carbonyl (C=O) groups excluding carboxylic acids is 1. The maximum Gasteiger partial charge on any atom is 0.239 e. The third-order valence-electron chi connectivity index (χ3n) is 5.87. The zero-order valence-corrected chi connectivity index (χ0v) is 14.6. The van der Waals surface area contributed by atoms with Gasteiger partial charge in [-0.3, -0.25) is 14.8 Å². The Morgan fingerprint density at radius 1 is 1.37 bits per heavy atom. The molecule has 5 rings (SSSR count). The van der Waals surface area contributed by atoms with Crippen molar-refractivity contribution in [3.63, 3.8) is 0 Å². The summed E-state index contributed by atoms with van der Waals surface area (Å²) in [5, 5.41) is 28.6. The number of hydrogen-bond donors (Lipinski definition) is 3. The molecule has 2 aromatic rings. The molecule has 0 radical (unpaired) electrons. The van der Waals surface area contributed by atoms with Crippen molar-refractivity contribution in [3.8, 4) is 6.07 Å². The van der Waals surface area contributed by atoms with Gasteiger partial charge in [0.25, 0.3) is 0 Å². The molecule has 2 atom stereocenters. The van der Waals surface area contributed by atoms with Crippen molar-refractivity contribution in [2.45, 2.75) is 56.1 Å². The Bertz CT molecular complexity index is 959. The number of aliphatic hydroxyl groups excluding tert-OH is 1. The molecule has 2 aromatic heterocycles. The number of nitrogens with zero attached hydrogens (tertiary/aromatic N) is 5. The summed E-state index contributed by atoms with van der Waals surface area (Å²) < 4.78 is 0. The summed E-state index contributed by atoms with van der Waals surface area (Å²) in [5.74, 6) is 1.04. The molecule has 1 aliphatic heterocycles. The molecule has 3 N–H and O–H groups in total. The van der Waals surface area contributed by atoms with Crippen LogP contribution in [0.4, 0.5) is 17.5 Å². The van der Waals surface area contributed by atoms with Crippen LogP contribution in [0.3, 0.4) is 0 Å². The Kier molecular flexibility index (Phi) is 3.45. The van der Waals surface area contributed by atoms with Crippen molar-refractivity contribution < 1.29 is 9.90 Å². The van der Waals surface area contributed by atoms with Crippen molar-refractivity contribution >= 4 is 23.4 Å². The fraction of sp³-hybridized carbons (Fsp3) is 0.500. The zero-order valence-electron chi connectivity index (χ0n) is 14.6. The van der Waals surface area contributed by atoms with E-state index < -0.39 is 5.41 Å². The van der Waals surface area contributed by atoms with Gasteiger partial charge in [-0.25, -0.2) is 4.98 Å². The zero-order chi connectivity index (χ0) is 18.6. The predicted octanol–water partition coefficient (Wildman–Crippen LogP) is 1.50. The van der Waals surface area contributed by atoms with E-state index in [1.807, 2.05) is 6.07 Å². The number of H-pyrrole nitrogens is 1. The molecule has 1 spiro atoms. The topological polar surface area (TPSA) is 131 Å². The maximum absolute atomic E-state index is 13.2. The van der Waals surface area contributed by atoms with Crippen LogP contribution >= 0.6 is 0 Å². The lowest BCUT2D eigenvalue weighted by atomic mass is 9.92. The van der Waals surface area contributed by atoms with Gasteiger partial charge in [0, 0.05) is 17.8 Å². The molecule has 9 nitrogen and oxygen atoms in total. The Hall–Kier alpha value is -2.99. The lowest BCUT2D eigenvalue weighted by molar-refractivity contribution is -0.121. The van der Waals surface area contributed by atoms with Gasteiger partial charge in [-0.1, -0.05) is 0 Å². The van der Waals surface area contributed by atoms with Gasteiger partial charge in [0.05, 0.1) is 23.4 Å². The molecule has 0 bridgehead atoms. The SMILES string of the molecule is N#Cc1[nH]ncc1Nc1ncc2c(n1)N([C@@H]1CCC[C@@H](O)C1)C(=O)C21CC1. The molecule has 0 saturated heterocycles. The molecule has 9 heteroatoms. The lowest BCUT2D eigenvalue weighted by Gasteiger charge is -2.33. The molecule has 0 unspecified atom stereocenters. The van der Waals surface area contributed by atoms with Gasteiger partial charge in [0.1, 0.15) is 11.9 Å². The minimum atomic E-state index is -0.469. The number of rotatable bonds is 3. The first kappa shape index (κ1) is 16.2. The van der Waals surface area contributed by atoms with E-state index in [4.69, 9.17) is 5.26 Å². The van der Waals surface area contributed by atoms with Crippen LogP contribution in [0.15, 0.2) is 12.4 Å². The highest BCUT2D eigenvalue weighted by molar-refractivity contribution is 6.09. The number of nitriles is 1. The standard InChI is InChI=1S/C18H19N7O2/c19-7-13-14(9-21-24-13)22-17-20-8-12-15(23-17)25(16(27)18(12)4-5-18)10-2-1-3-11(26)6-10/h8-11,26H,1-6H2,(H,21,24)(H,20,22,23)/t10-,11-/m1/s1. The number of anilines is 3. The van der Waals surface area contributed by atoms with Crippen molar-refractivity contribution in [3.05, 3.63) is 23.7 Å². The molecule has 2 saturated carbocycles. The van der Waals surface area contributed by atoms with Gasteiger partial charge in [-0.2, -0.15) is 15.3 Å². The lowest BCUT2D eigenvalue weighted by Crippen LogP contribution is -2.44. The summed E-state index contributed by atoms with van der Waals surface area (Å²) in [7, 11) is 0. The number of carbonyl (C=O) groups is 1. The Balaban J connectivity index is 1.52. The molecule has 2 aliphatic carbocycles. The van der Waals surface area contributed by atoms with Crippen LogP contribution < -0.4 is 10.2 Å². The van der Waals surface area contributed by atoms with Gasteiger partial charge in [0.2, 0.25) is 11.9 Å². The van der Waals surface area contributed by atoms with E-state index in [9.17, 15) is 9.90 Å². The number of amides is 1. The normalized spacial score (nSPS) is 25.3. The largest absolute Gasteiger partial charge is 0.393 e. The minimum Gasteiger partial charge on any atom is -0.393 e. The average Bonchev–Trinajstić information content (AvgIpc) is 3.28. The van der Waals surface area contributed by atoms with Gasteiger partial charge in [0.15, 0.2) is 5.69 Å². The Morgan fingerprint density at radius 2 is 2.22 bits per heavy atom. The van der Waals surface area contributed by atoms with E-state index in [-0.39, 0.29) is 18.1 Å². The van der Waals surface area contributed by atoms with Crippen LogP contribution in [0.5, 0.6) is 0 Å². The van der Waals surface area contributed by atoms with Crippen LogP contribution in [-0.2, 0) is 10.2 Å². The van der Waals surface area contributed by atoms with E-state index in [0.29, 0.717) is 29.6 Å². The highest BCUT2D eigenvalue weighted by Crippen LogP contribution is 2.57. The third-order valence-corrected chi connectivity index (χ3v) is 5.87. The van der Waals surface area contributed by atoms with Gasteiger partial charge in [-0.05, 0) is 38.5 Å². The number of nitrogens with one attached hydrogen (secondary N) is 2. The number of fused-ring (bicyclic) bond motifs is 2. The summed E-state index contributed by atoms with van der Waals surface area (Å²) in [5.41, 5.74) is 1.19. The molecular weight excluding hydrogens is 346 g/mol. The fourth-order valence-corrected chi connectivity index (χ4v) is 4.30. The molecule has 138 valence electrons. The molecule has 27 heavy (non-hydrogen) atoms. The van der Waals surface area contributed by atoms with Crippen LogP contribution in [0.2, 0.25) is 0 Å². The van der Waals surface area contributed by atoms with E-state index in [0.717, 1.165) is 37.7 Å². The highest BCUT2D eigenvalue weighted by atomic mass is 16.3. The maximum atomic E-state index is 13.2. The first-order valence-corrected chi connectivity index (χ1v) is 9.22. The van der Waals surface area contributed by atoms with Crippen molar-refractivity contribution in [1.82, 2.24) is 20.2 Å². The summed E-state index contributed by atoms with van der Waals surface area (Å²) >= 11 is 0. The summed E-state index contributed by atoms with van der Waals surface area (Å²) in [6, 6.07) is 1.98. The van der Waals surface area contributed by atoms with Crippen LogP contribution in [-0.4, -0.2) is 43.3 Å². The number of aromatic nitrogens is 4. The third kappa shape index (κ3) is 2.40. The Labute approximate surface area is 155 Å². The van der Waals surface area contributed by atoms with Gasteiger partial charge in [-0.15, -0.1) is 0 Å². The molecule has 1 amide bonds. The second kappa shape index (κ2) is 5.76. The van der Waals surface area contributed by atoms with Gasteiger partial charge < -0.3 is 10.4 Å². The first-order valence-electron chi connectivity index (χ1n) is 9.22. The Morgan fingerprint density at radius 3 is 2.96 bits per heavy atom. The van der Waals surface area contributed by atoms with Gasteiger partial charge >= 0.3 is 0 Å². The monoisotopic (exact) mass is 365 g/mol. The van der Waals surface area contributed by atoms with E-state index >= 15 is 0 Å². The summed E-state index contributed by atoms with van der Waals surface area (Å²) in [6.45, 7) is 0. The molecule has 3 heterocycles. The van der Waals surface area contributed by atoms with Crippen molar-refractivity contribution in [2.24, 2.45) is 0 Å². The molecule has 0 aromatic carbocycles.